The Morgan fingerprint density at radius 1 is 1.41 bits per heavy atom. The summed E-state index contributed by atoms with van der Waals surface area (Å²) in [6, 6.07) is 5.55. The van der Waals surface area contributed by atoms with Gasteiger partial charge in [-0.2, -0.15) is 0 Å². The van der Waals surface area contributed by atoms with Gasteiger partial charge in [0.15, 0.2) is 0 Å². The number of fused-ring (bicyclic) bond motifs is 1. The molecule has 0 saturated heterocycles. The maximum Gasteiger partial charge on any atom is 0.225 e. The number of hydrogen-bond donors (Lipinski definition) is 2. The van der Waals surface area contributed by atoms with E-state index in [0.29, 0.717) is 18.2 Å². The van der Waals surface area contributed by atoms with Gasteiger partial charge in [0.1, 0.15) is 0 Å². The van der Waals surface area contributed by atoms with Crippen LogP contribution in [0.5, 0.6) is 0 Å². The van der Waals surface area contributed by atoms with Crippen molar-refractivity contribution < 1.29 is 9.59 Å². The third-order valence-corrected chi connectivity index (χ3v) is 3.00. The lowest BCUT2D eigenvalue weighted by molar-refractivity contribution is -0.117. The van der Waals surface area contributed by atoms with E-state index in [2.05, 4.69) is 26.6 Å². The number of carbonyl (C=O) groups is 2. The van der Waals surface area contributed by atoms with E-state index in [4.69, 9.17) is 0 Å². The zero-order valence-electron chi connectivity index (χ0n) is 9.25. The second kappa shape index (κ2) is 5.31. The molecule has 1 heterocycles. The van der Waals surface area contributed by atoms with Crippen LogP contribution in [0.15, 0.2) is 18.2 Å². The Morgan fingerprint density at radius 2 is 2.24 bits per heavy atom. The SMILES string of the molecule is O=C(CCBr)Nc1ccc2c(c1)CCC(=O)N2. The van der Waals surface area contributed by atoms with E-state index in [1.807, 2.05) is 12.1 Å². The van der Waals surface area contributed by atoms with E-state index >= 15 is 0 Å². The van der Waals surface area contributed by atoms with Crippen LogP contribution >= 0.6 is 15.9 Å². The minimum Gasteiger partial charge on any atom is -0.326 e. The van der Waals surface area contributed by atoms with E-state index in [1.54, 1.807) is 6.07 Å². The standard InChI is InChI=1S/C12H13BrN2O2/c13-6-5-12(17)14-9-2-3-10-8(7-9)1-4-11(16)15-10/h2-3,7H,1,4-6H2,(H,14,17)(H,15,16). The fourth-order valence-corrected chi connectivity index (χ4v) is 2.13. The van der Waals surface area contributed by atoms with Gasteiger partial charge < -0.3 is 10.6 Å². The molecule has 2 rings (SSSR count). The van der Waals surface area contributed by atoms with Gasteiger partial charge in [-0.3, -0.25) is 9.59 Å². The molecule has 17 heavy (non-hydrogen) atoms. The summed E-state index contributed by atoms with van der Waals surface area (Å²) in [4.78, 5) is 22.6. The molecule has 0 bridgehead atoms. The molecule has 90 valence electrons. The number of amides is 2. The van der Waals surface area contributed by atoms with Crippen molar-refractivity contribution in [3.63, 3.8) is 0 Å². The summed E-state index contributed by atoms with van der Waals surface area (Å²) in [5.74, 6) is 0.0373. The first-order chi connectivity index (χ1) is 8.19. The van der Waals surface area contributed by atoms with Crippen LogP contribution in [-0.4, -0.2) is 17.1 Å². The molecule has 5 heteroatoms. The molecule has 0 aromatic heterocycles. The third-order valence-electron chi connectivity index (χ3n) is 2.61. The molecule has 0 saturated carbocycles. The Bertz CT molecular complexity index is 460. The first kappa shape index (κ1) is 12.1. The fourth-order valence-electron chi connectivity index (χ4n) is 1.77. The minimum atomic E-state index is -0.0123. The Hall–Kier alpha value is -1.36. The van der Waals surface area contributed by atoms with Crippen LogP contribution in [-0.2, 0) is 16.0 Å². The normalized spacial score (nSPS) is 13.8. The van der Waals surface area contributed by atoms with Gasteiger partial charge in [-0.25, -0.2) is 0 Å². The van der Waals surface area contributed by atoms with Crippen LogP contribution in [0.25, 0.3) is 0 Å². The lowest BCUT2D eigenvalue weighted by atomic mass is 10.0. The smallest absolute Gasteiger partial charge is 0.225 e. The number of nitrogens with one attached hydrogen (secondary N) is 2. The highest BCUT2D eigenvalue weighted by molar-refractivity contribution is 9.09. The van der Waals surface area contributed by atoms with Crippen molar-refractivity contribution in [2.24, 2.45) is 0 Å². The highest BCUT2D eigenvalue weighted by Gasteiger charge is 2.15. The number of halogens is 1. The molecule has 2 N–H and O–H groups in total. The molecule has 0 fully saturated rings. The van der Waals surface area contributed by atoms with Crippen molar-refractivity contribution in [2.45, 2.75) is 19.3 Å². The van der Waals surface area contributed by atoms with Gasteiger partial charge in [0.25, 0.3) is 0 Å². The Labute approximate surface area is 108 Å². The average Bonchev–Trinajstić information content (AvgIpc) is 2.29. The summed E-state index contributed by atoms with van der Waals surface area (Å²) in [6.45, 7) is 0. The minimum absolute atomic E-state index is 0.0123. The van der Waals surface area contributed by atoms with Crippen LogP contribution in [0.2, 0.25) is 0 Å². The fraction of sp³-hybridized carbons (Fsp3) is 0.333. The Kier molecular flexibility index (Phi) is 3.78. The number of rotatable bonds is 3. The zero-order chi connectivity index (χ0) is 12.3. The van der Waals surface area contributed by atoms with Crippen molar-refractivity contribution >= 4 is 39.1 Å². The summed E-state index contributed by atoms with van der Waals surface area (Å²) in [7, 11) is 0. The zero-order valence-corrected chi connectivity index (χ0v) is 10.8. The van der Waals surface area contributed by atoms with Crippen molar-refractivity contribution in [3.05, 3.63) is 23.8 Å². The monoisotopic (exact) mass is 296 g/mol. The maximum atomic E-state index is 11.4. The van der Waals surface area contributed by atoms with Crippen molar-refractivity contribution in [3.8, 4) is 0 Å². The molecule has 0 radical (unpaired) electrons. The number of anilines is 2. The van der Waals surface area contributed by atoms with Crippen LogP contribution in [0, 0.1) is 0 Å². The van der Waals surface area contributed by atoms with Gasteiger partial charge in [0.2, 0.25) is 11.8 Å². The highest BCUT2D eigenvalue weighted by atomic mass is 79.9. The molecule has 1 aliphatic heterocycles. The third kappa shape index (κ3) is 3.06. The largest absolute Gasteiger partial charge is 0.326 e. The first-order valence-electron chi connectivity index (χ1n) is 5.47. The summed E-state index contributed by atoms with van der Waals surface area (Å²) in [5.41, 5.74) is 2.70. The summed E-state index contributed by atoms with van der Waals surface area (Å²) < 4.78 is 0. The van der Waals surface area contributed by atoms with Gasteiger partial charge in [-0.1, -0.05) is 15.9 Å². The van der Waals surface area contributed by atoms with Crippen molar-refractivity contribution in [1.82, 2.24) is 0 Å². The first-order valence-corrected chi connectivity index (χ1v) is 6.60. The molecule has 1 aromatic carbocycles. The maximum absolute atomic E-state index is 11.4. The molecule has 1 aromatic rings. The Balaban J connectivity index is 2.11. The Morgan fingerprint density at radius 3 is 3.00 bits per heavy atom. The average molecular weight is 297 g/mol. The molecule has 0 aliphatic carbocycles. The molecular formula is C12H13BrN2O2. The molecular weight excluding hydrogens is 284 g/mol. The predicted molar refractivity (Wildman–Crippen MR) is 70.4 cm³/mol. The summed E-state index contributed by atoms with van der Waals surface area (Å²) >= 11 is 3.22. The van der Waals surface area contributed by atoms with Crippen LogP contribution < -0.4 is 10.6 Å². The lowest BCUT2D eigenvalue weighted by Crippen LogP contribution is -2.19. The van der Waals surface area contributed by atoms with Crippen LogP contribution in [0.4, 0.5) is 11.4 Å². The quantitative estimate of drug-likeness (QED) is 0.841. The number of aryl methyl sites for hydroxylation is 1. The lowest BCUT2D eigenvalue weighted by Gasteiger charge is -2.17. The van der Waals surface area contributed by atoms with Crippen molar-refractivity contribution in [1.29, 1.82) is 0 Å². The number of hydrogen-bond acceptors (Lipinski definition) is 2. The molecule has 4 nitrogen and oxygen atoms in total. The van der Waals surface area contributed by atoms with E-state index in [0.717, 1.165) is 23.4 Å². The van der Waals surface area contributed by atoms with Gasteiger partial charge >= 0.3 is 0 Å². The summed E-state index contributed by atoms with van der Waals surface area (Å²) in [5, 5.41) is 6.28. The predicted octanol–water partition coefficient (Wildman–Crippen LogP) is 2.29. The van der Waals surface area contributed by atoms with E-state index in [1.165, 1.54) is 0 Å². The van der Waals surface area contributed by atoms with E-state index in [-0.39, 0.29) is 11.8 Å². The van der Waals surface area contributed by atoms with Crippen molar-refractivity contribution in [2.75, 3.05) is 16.0 Å². The van der Waals surface area contributed by atoms with Gasteiger partial charge in [-0.15, -0.1) is 0 Å². The molecule has 1 aliphatic rings. The number of carbonyl (C=O) groups excluding carboxylic acids is 2. The van der Waals surface area contributed by atoms with Crippen LogP contribution in [0.3, 0.4) is 0 Å². The second-order valence-corrected chi connectivity index (χ2v) is 4.70. The molecule has 0 atom stereocenters. The van der Waals surface area contributed by atoms with E-state index < -0.39 is 0 Å². The van der Waals surface area contributed by atoms with Crippen LogP contribution in [0.1, 0.15) is 18.4 Å². The van der Waals surface area contributed by atoms with Gasteiger partial charge in [-0.05, 0) is 30.2 Å². The number of alkyl halides is 1. The van der Waals surface area contributed by atoms with E-state index in [9.17, 15) is 9.59 Å². The molecule has 0 spiro atoms. The highest BCUT2D eigenvalue weighted by Crippen LogP contribution is 2.25. The topological polar surface area (TPSA) is 58.2 Å². The summed E-state index contributed by atoms with van der Waals surface area (Å²) in [6.07, 6.45) is 1.68. The second-order valence-electron chi connectivity index (χ2n) is 3.91. The molecule has 0 unspecified atom stereocenters. The van der Waals surface area contributed by atoms with Gasteiger partial charge in [0, 0.05) is 29.5 Å². The molecule has 2 amide bonds. The van der Waals surface area contributed by atoms with Gasteiger partial charge in [0.05, 0.1) is 0 Å². The number of benzene rings is 1.